The van der Waals surface area contributed by atoms with Gasteiger partial charge in [-0.25, -0.2) is 4.98 Å². The summed E-state index contributed by atoms with van der Waals surface area (Å²) < 4.78 is 0. The average Bonchev–Trinajstić information content (AvgIpc) is 2.35. The minimum absolute atomic E-state index is 0.651. The fourth-order valence-electron chi connectivity index (χ4n) is 1.33. The van der Waals surface area contributed by atoms with Crippen LogP contribution in [0.3, 0.4) is 0 Å². The molecule has 2 rings (SSSR count). The molecule has 0 spiro atoms. The van der Waals surface area contributed by atoms with Gasteiger partial charge in [-0.2, -0.15) is 0 Å². The summed E-state index contributed by atoms with van der Waals surface area (Å²) in [5.41, 5.74) is 0. The Bertz CT molecular complexity index is 549. The number of hydrogen-bond acceptors (Lipinski definition) is 4. The van der Waals surface area contributed by atoms with E-state index in [4.69, 9.17) is 23.2 Å². The molecule has 0 unspecified atom stereocenters. The van der Waals surface area contributed by atoms with Crippen LogP contribution in [0, 0.1) is 0 Å². The van der Waals surface area contributed by atoms with Gasteiger partial charge in [-0.1, -0.05) is 35.0 Å². The summed E-state index contributed by atoms with van der Waals surface area (Å²) in [6, 6.07) is 5.35. The molecule has 0 fully saturated rings. The number of nitrogens with zero attached hydrogens (tertiary/aromatic N) is 2. The van der Waals surface area contributed by atoms with Crippen molar-refractivity contribution in [1.82, 2.24) is 9.97 Å². The highest BCUT2D eigenvalue weighted by molar-refractivity contribution is 7.99. The molecular formula is C12H11Cl2N3S. The highest BCUT2D eigenvalue weighted by Crippen LogP contribution is 2.34. The molecule has 6 heteroatoms. The average molecular weight is 300 g/mol. The first kappa shape index (κ1) is 13.5. The number of benzene rings is 1. The molecule has 0 radical (unpaired) electrons. The van der Waals surface area contributed by atoms with Crippen LogP contribution in [-0.4, -0.2) is 16.5 Å². The number of nitrogens with one attached hydrogen (secondary N) is 1. The Morgan fingerprint density at radius 1 is 1.28 bits per heavy atom. The first-order chi connectivity index (χ1) is 8.69. The van der Waals surface area contributed by atoms with Crippen LogP contribution in [0.1, 0.15) is 6.92 Å². The number of hydrogen-bond donors (Lipinski definition) is 1. The summed E-state index contributed by atoms with van der Waals surface area (Å²) in [5.74, 6) is 0.751. The fraction of sp³-hybridized carbons (Fsp3) is 0.167. The van der Waals surface area contributed by atoms with Crippen molar-refractivity contribution in [3.05, 3.63) is 40.6 Å². The first-order valence-corrected chi connectivity index (χ1v) is 6.95. The maximum Gasteiger partial charge on any atom is 0.145 e. The molecule has 2 aromatic rings. The van der Waals surface area contributed by atoms with Gasteiger partial charge in [0.1, 0.15) is 10.8 Å². The lowest BCUT2D eigenvalue weighted by Crippen LogP contribution is -2.00. The molecular weight excluding hydrogens is 289 g/mol. The predicted molar refractivity (Wildman–Crippen MR) is 76.8 cm³/mol. The van der Waals surface area contributed by atoms with Gasteiger partial charge in [-0.05, 0) is 25.1 Å². The van der Waals surface area contributed by atoms with Crippen molar-refractivity contribution in [1.29, 1.82) is 0 Å². The number of rotatable bonds is 4. The third-order valence-corrected chi connectivity index (χ3v) is 3.72. The summed E-state index contributed by atoms with van der Waals surface area (Å²) in [5, 5.41) is 5.19. The molecule has 1 aromatic heterocycles. The Balaban J connectivity index is 2.22. The summed E-state index contributed by atoms with van der Waals surface area (Å²) in [6.07, 6.45) is 3.38. The van der Waals surface area contributed by atoms with Gasteiger partial charge in [0.2, 0.25) is 0 Å². The first-order valence-electron chi connectivity index (χ1n) is 5.38. The van der Waals surface area contributed by atoms with E-state index < -0.39 is 0 Å². The Morgan fingerprint density at radius 3 is 2.89 bits per heavy atom. The van der Waals surface area contributed by atoms with Crippen LogP contribution in [0.2, 0.25) is 10.0 Å². The molecule has 1 N–H and O–H groups in total. The molecule has 0 saturated heterocycles. The van der Waals surface area contributed by atoms with Gasteiger partial charge in [0, 0.05) is 16.5 Å². The normalized spacial score (nSPS) is 10.4. The van der Waals surface area contributed by atoms with E-state index in [0.717, 1.165) is 22.3 Å². The largest absolute Gasteiger partial charge is 0.369 e. The number of anilines is 1. The van der Waals surface area contributed by atoms with E-state index in [9.17, 15) is 0 Å². The standard InChI is InChI=1S/C12H11Cl2N3S/c1-2-16-11-6-15-7-12(17-11)18-10-5-8(13)3-4-9(10)14/h3-7H,2H2,1H3,(H,16,17). The lowest BCUT2D eigenvalue weighted by Gasteiger charge is -2.06. The van der Waals surface area contributed by atoms with Crippen LogP contribution in [0.5, 0.6) is 0 Å². The van der Waals surface area contributed by atoms with Gasteiger partial charge in [0.25, 0.3) is 0 Å². The van der Waals surface area contributed by atoms with Gasteiger partial charge in [-0.15, -0.1) is 0 Å². The van der Waals surface area contributed by atoms with E-state index in [1.807, 2.05) is 13.0 Å². The molecule has 1 heterocycles. The van der Waals surface area contributed by atoms with Gasteiger partial charge < -0.3 is 5.32 Å². The summed E-state index contributed by atoms with van der Waals surface area (Å²) in [4.78, 5) is 9.41. The van der Waals surface area contributed by atoms with Crippen molar-refractivity contribution in [2.75, 3.05) is 11.9 Å². The molecule has 0 bridgehead atoms. The third-order valence-electron chi connectivity index (χ3n) is 2.08. The molecule has 94 valence electrons. The molecule has 0 aliphatic carbocycles. The van der Waals surface area contributed by atoms with E-state index in [0.29, 0.717) is 10.0 Å². The van der Waals surface area contributed by atoms with E-state index in [2.05, 4.69) is 15.3 Å². The third kappa shape index (κ3) is 3.51. The van der Waals surface area contributed by atoms with Crippen molar-refractivity contribution in [2.24, 2.45) is 0 Å². The fourth-order valence-corrected chi connectivity index (χ4v) is 2.64. The van der Waals surface area contributed by atoms with Gasteiger partial charge in [-0.3, -0.25) is 4.98 Å². The zero-order valence-corrected chi connectivity index (χ0v) is 12.0. The maximum absolute atomic E-state index is 6.10. The molecule has 0 atom stereocenters. The van der Waals surface area contributed by atoms with Crippen LogP contribution in [-0.2, 0) is 0 Å². The van der Waals surface area contributed by atoms with Crippen molar-refractivity contribution in [3.8, 4) is 0 Å². The summed E-state index contributed by atoms with van der Waals surface area (Å²) in [6.45, 7) is 2.82. The Labute approximate surface area is 120 Å². The Morgan fingerprint density at radius 2 is 2.11 bits per heavy atom. The van der Waals surface area contributed by atoms with E-state index in [-0.39, 0.29) is 0 Å². The minimum atomic E-state index is 0.651. The smallest absolute Gasteiger partial charge is 0.145 e. The molecule has 0 amide bonds. The van der Waals surface area contributed by atoms with Crippen molar-refractivity contribution in [2.45, 2.75) is 16.8 Å². The SMILES string of the molecule is CCNc1cncc(Sc2cc(Cl)ccc2Cl)n1. The van der Waals surface area contributed by atoms with Crippen molar-refractivity contribution >= 4 is 40.8 Å². The zero-order chi connectivity index (χ0) is 13.0. The second-order valence-corrected chi connectivity index (χ2v) is 5.36. The monoisotopic (exact) mass is 299 g/mol. The van der Waals surface area contributed by atoms with E-state index in [1.165, 1.54) is 11.8 Å². The van der Waals surface area contributed by atoms with E-state index in [1.54, 1.807) is 24.5 Å². The Hall–Kier alpha value is -0.970. The number of aromatic nitrogens is 2. The van der Waals surface area contributed by atoms with Crippen LogP contribution in [0.25, 0.3) is 0 Å². The van der Waals surface area contributed by atoms with E-state index >= 15 is 0 Å². The van der Waals surface area contributed by atoms with Crippen LogP contribution >= 0.6 is 35.0 Å². The molecule has 1 aromatic carbocycles. The van der Waals surface area contributed by atoms with Gasteiger partial charge in [0.05, 0.1) is 17.4 Å². The van der Waals surface area contributed by atoms with Gasteiger partial charge in [0.15, 0.2) is 0 Å². The quantitative estimate of drug-likeness (QED) is 0.910. The minimum Gasteiger partial charge on any atom is -0.369 e. The molecule has 0 aliphatic rings. The molecule has 0 saturated carbocycles. The van der Waals surface area contributed by atoms with Gasteiger partial charge >= 0.3 is 0 Å². The maximum atomic E-state index is 6.10. The van der Waals surface area contributed by atoms with Crippen molar-refractivity contribution in [3.63, 3.8) is 0 Å². The van der Waals surface area contributed by atoms with Crippen LogP contribution in [0.4, 0.5) is 5.82 Å². The van der Waals surface area contributed by atoms with Crippen molar-refractivity contribution < 1.29 is 0 Å². The highest BCUT2D eigenvalue weighted by Gasteiger charge is 2.06. The highest BCUT2D eigenvalue weighted by atomic mass is 35.5. The number of halogens is 2. The Kier molecular flexibility index (Phi) is 4.69. The second-order valence-electron chi connectivity index (χ2n) is 3.45. The molecule has 18 heavy (non-hydrogen) atoms. The summed E-state index contributed by atoms with van der Waals surface area (Å²) in [7, 11) is 0. The second kappa shape index (κ2) is 6.27. The zero-order valence-electron chi connectivity index (χ0n) is 9.65. The molecule has 0 aliphatic heterocycles. The lowest BCUT2D eigenvalue weighted by atomic mass is 10.4. The summed E-state index contributed by atoms with van der Waals surface area (Å²) >= 11 is 13.5. The molecule has 3 nitrogen and oxygen atoms in total. The predicted octanol–water partition coefficient (Wildman–Crippen LogP) is 4.37. The lowest BCUT2D eigenvalue weighted by molar-refractivity contribution is 1.03. The topological polar surface area (TPSA) is 37.8 Å². The van der Waals surface area contributed by atoms with Crippen LogP contribution in [0.15, 0.2) is 40.5 Å². The van der Waals surface area contributed by atoms with Crippen LogP contribution < -0.4 is 5.32 Å².